The SMILES string of the molecule is O=C1NC(=O)N(c2ccc(Cl)cc2)C(=O)[C@@H]1C=NCCN1CCOCC1. The smallest absolute Gasteiger partial charge is 0.335 e. The zero-order chi connectivity index (χ0) is 18.5. The van der Waals surface area contributed by atoms with Gasteiger partial charge in [0.2, 0.25) is 5.91 Å². The fourth-order valence-corrected chi connectivity index (χ4v) is 2.89. The van der Waals surface area contributed by atoms with Gasteiger partial charge in [0.05, 0.1) is 25.4 Å². The number of aliphatic imine (C=N–C) groups is 1. The van der Waals surface area contributed by atoms with E-state index in [1.165, 1.54) is 6.21 Å². The molecule has 3 rings (SSSR count). The highest BCUT2D eigenvalue weighted by Gasteiger charge is 2.40. The van der Waals surface area contributed by atoms with E-state index in [4.69, 9.17) is 16.3 Å². The van der Waals surface area contributed by atoms with Gasteiger partial charge in [-0.05, 0) is 24.3 Å². The van der Waals surface area contributed by atoms with Crippen molar-refractivity contribution in [2.45, 2.75) is 0 Å². The van der Waals surface area contributed by atoms with Crippen molar-refractivity contribution in [1.82, 2.24) is 10.2 Å². The zero-order valence-corrected chi connectivity index (χ0v) is 14.8. The summed E-state index contributed by atoms with van der Waals surface area (Å²) in [4.78, 5) is 44.0. The van der Waals surface area contributed by atoms with E-state index < -0.39 is 23.8 Å². The van der Waals surface area contributed by atoms with Gasteiger partial charge in [-0.2, -0.15) is 0 Å². The number of ether oxygens (including phenoxy) is 1. The molecule has 8 nitrogen and oxygen atoms in total. The summed E-state index contributed by atoms with van der Waals surface area (Å²) in [5.41, 5.74) is 0.344. The van der Waals surface area contributed by atoms with E-state index in [-0.39, 0.29) is 0 Å². The van der Waals surface area contributed by atoms with Crippen LogP contribution in [0.25, 0.3) is 0 Å². The van der Waals surface area contributed by atoms with Crippen LogP contribution >= 0.6 is 11.6 Å². The van der Waals surface area contributed by atoms with Crippen molar-refractivity contribution in [1.29, 1.82) is 0 Å². The zero-order valence-electron chi connectivity index (χ0n) is 14.1. The van der Waals surface area contributed by atoms with Crippen molar-refractivity contribution in [2.24, 2.45) is 10.9 Å². The number of morpholine rings is 1. The quantitative estimate of drug-likeness (QED) is 0.608. The summed E-state index contributed by atoms with van der Waals surface area (Å²) in [6.45, 7) is 4.28. The van der Waals surface area contributed by atoms with E-state index in [1.54, 1.807) is 24.3 Å². The average Bonchev–Trinajstić information content (AvgIpc) is 2.63. The molecule has 26 heavy (non-hydrogen) atoms. The van der Waals surface area contributed by atoms with Crippen LogP contribution in [0.1, 0.15) is 0 Å². The second-order valence-electron chi connectivity index (χ2n) is 5.93. The van der Waals surface area contributed by atoms with Crippen LogP contribution in [0.2, 0.25) is 5.02 Å². The Balaban J connectivity index is 1.65. The molecule has 4 amide bonds. The first-order valence-corrected chi connectivity index (χ1v) is 8.68. The Morgan fingerprint density at radius 2 is 1.88 bits per heavy atom. The maximum Gasteiger partial charge on any atom is 0.335 e. The molecule has 1 aromatic carbocycles. The lowest BCUT2D eigenvalue weighted by Crippen LogP contribution is -2.58. The lowest BCUT2D eigenvalue weighted by Gasteiger charge is -2.28. The van der Waals surface area contributed by atoms with Gasteiger partial charge >= 0.3 is 6.03 Å². The van der Waals surface area contributed by atoms with E-state index in [2.05, 4.69) is 15.2 Å². The summed E-state index contributed by atoms with van der Waals surface area (Å²) in [7, 11) is 0. The number of imide groups is 2. The van der Waals surface area contributed by atoms with Crippen LogP contribution < -0.4 is 10.2 Å². The third-order valence-corrected chi connectivity index (χ3v) is 4.44. The molecule has 0 aromatic heterocycles. The third-order valence-electron chi connectivity index (χ3n) is 4.19. The molecule has 2 heterocycles. The number of benzene rings is 1. The molecule has 9 heteroatoms. The van der Waals surface area contributed by atoms with Crippen molar-refractivity contribution in [2.75, 3.05) is 44.3 Å². The number of hydrogen-bond acceptors (Lipinski definition) is 6. The second kappa shape index (κ2) is 8.39. The Labute approximate surface area is 155 Å². The summed E-state index contributed by atoms with van der Waals surface area (Å²) < 4.78 is 5.28. The van der Waals surface area contributed by atoms with Crippen LogP contribution in [-0.2, 0) is 14.3 Å². The second-order valence-corrected chi connectivity index (χ2v) is 6.37. The first kappa shape index (κ1) is 18.5. The number of urea groups is 1. The normalized spacial score (nSPS) is 22.1. The molecule has 1 N–H and O–H groups in total. The van der Waals surface area contributed by atoms with E-state index in [0.717, 1.165) is 24.5 Å². The predicted octanol–water partition coefficient (Wildman–Crippen LogP) is 0.942. The molecule has 2 aliphatic rings. The van der Waals surface area contributed by atoms with Crippen LogP contribution in [0.4, 0.5) is 10.5 Å². The van der Waals surface area contributed by atoms with Gasteiger partial charge in [-0.25, -0.2) is 9.69 Å². The van der Waals surface area contributed by atoms with Crippen molar-refractivity contribution in [3.8, 4) is 0 Å². The van der Waals surface area contributed by atoms with E-state index in [0.29, 0.717) is 30.5 Å². The highest BCUT2D eigenvalue weighted by atomic mass is 35.5. The molecule has 2 fully saturated rings. The number of anilines is 1. The number of hydrogen-bond donors (Lipinski definition) is 1. The first-order valence-electron chi connectivity index (χ1n) is 8.30. The number of nitrogens with zero attached hydrogens (tertiary/aromatic N) is 3. The van der Waals surface area contributed by atoms with E-state index in [9.17, 15) is 14.4 Å². The Morgan fingerprint density at radius 1 is 1.19 bits per heavy atom. The lowest BCUT2D eigenvalue weighted by molar-refractivity contribution is -0.131. The maximum absolute atomic E-state index is 12.6. The number of barbiturate groups is 1. The largest absolute Gasteiger partial charge is 0.379 e. The Hall–Kier alpha value is -2.29. The highest BCUT2D eigenvalue weighted by Crippen LogP contribution is 2.22. The number of halogens is 1. The fourth-order valence-electron chi connectivity index (χ4n) is 2.76. The minimum Gasteiger partial charge on any atom is -0.379 e. The van der Waals surface area contributed by atoms with Crippen LogP contribution in [-0.4, -0.2) is 68.4 Å². The molecule has 0 unspecified atom stereocenters. The van der Waals surface area contributed by atoms with Gasteiger partial charge in [0, 0.05) is 30.9 Å². The van der Waals surface area contributed by atoms with Gasteiger partial charge < -0.3 is 4.74 Å². The molecule has 1 atom stereocenters. The van der Waals surface area contributed by atoms with Crippen molar-refractivity contribution >= 4 is 41.3 Å². The summed E-state index contributed by atoms with van der Waals surface area (Å²) in [5.74, 6) is -2.43. The van der Waals surface area contributed by atoms with Gasteiger partial charge in [-0.1, -0.05) is 11.6 Å². The van der Waals surface area contributed by atoms with E-state index >= 15 is 0 Å². The summed E-state index contributed by atoms with van der Waals surface area (Å²) in [6.07, 6.45) is 1.31. The van der Waals surface area contributed by atoms with Crippen molar-refractivity contribution in [3.63, 3.8) is 0 Å². The van der Waals surface area contributed by atoms with Crippen LogP contribution in [0.3, 0.4) is 0 Å². The fraction of sp³-hybridized carbons (Fsp3) is 0.412. The number of amides is 4. The molecule has 2 aliphatic heterocycles. The molecule has 1 aromatic rings. The van der Waals surface area contributed by atoms with E-state index in [1.807, 2.05) is 0 Å². The molecule has 0 aliphatic carbocycles. The van der Waals surface area contributed by atoms with Gasteiger partial charge in [0.1, 0.15) is 0 Å². The van der Waals surface area contributed by atoms with Gasteiger partial charge in [0.15, 0.2) is 5.92 Å². The van der Waals surface area contributed by atoms with Gasteiger partial charge in [-0.3, -0.25) is 24.8 Å². The van der Waals surface area contributed by atoms with Crippen LogP contribution in [0, 0.1) is 5.92 Å². The van der Waals surface area contributed by atoms with Gasteiger partial charge in [-0.15, -0.1) is 0 Å². The standard InChI is InChI=1S/C17H19ClN4O4/c18-12-1-3-13(4-2-12)22-16(24)14(15(23)20-17(22)25)11-19-5-6-21-7-9-26-10-8-21/h1-4,11,14H,5-10H2,(H,20,23,25)/t14-/m1/s1. The van der Waals surface area contributed by atoms with Crippen molar-refractivity contribution in [3.05, 3.63) is 29.3 Å². The Kier molecular flexibility index (Phi) is 5.97. The Bertz CT molecular complexity index is 716. The monoisotopic (exact) mass is 378 g/mol. The molecule has 0 bridgehead atoms. The summed E-state index contributed by atoms with van der Waals surface area (Å²) in [5, 5.41) is 2.67. The van der Waals surface area contributed by atoms with Crippen molar-refractivity contribution < 1.29 is 19.1 Å². The number of rotatable bonds is 5. The minimum absolute atomic E-state index is 0.344. The first-order chi connectivity index (χ1) is 12.6. The number of carbonyl (C=O) groups is 3. The Morgan fingerprint density at radius 3 is 2.58 bits per heavy atom. The lowest BCUT2D eigenvalue weighted by atomic mass is 10.1. The minimum atomic E-state index is -1.13. The summed E-state index contributed by atoms with van der Waals surface area (Å²) in [6, 6.07) is 5.45. The molecular weight excluding hydrogens is 360 g/mol. The van der Waals surface area contributed by atoms with Crippen LogP contribution in [0.15, 0.2) is 29.3 Å². The molecule has 0 spiro atoms. The molecule has 138 valence electrons. The number of nitrogens with one attached hydrogen (secondary N) is 1. The maximum atomic E-state index is 12.6. The molecule has 0 saturated carbocycles. The van der Waals surface area contributed by atoms with Gasteiger partial charge in [0.25, 0.3) is 5.91 Å². The molecule has 2 saturated heterocycles. The molecular formula is C17H19ClN4O4. The number of carbonyl (C=O) groups excluding carboxylic acids is 3. The van der Waals surface area contributed by atoms with Crippen LogP contribution in [0.5, 0.6) is 0 Å². The topological polar surface area (TPSA) is 91.3 Å². The summed E-state index contributed by atoms with van der Waals surface area (Å²) >= 11 is 5.83. The molecule has 0 radical (unpaired) electrons. The average molecular weight is 379 g/mol. The predicted molar refractivity (Wildman–Crippen MR) is 96.6 cm³/mol. The third kappa shape index (κ3) is 4.27. The highest BCUT2D eigenvalue weighted by molar-refractivity contribution is 6.33.